The molecule has 1 rings (SSSR count). The number of carboxylic acids is 1. The van der Waals surface area contributed by atoms with Crippen LogP contribution in [0.4, 0.5) is 5.69 Å². The van der Waals surface area contributed by atoms with Gasteiger partial charge >= 0.3 is 5.97 Å². The Kier molecular flexibility index (Phi) is 4.07. The van der Waals surface area contributed by atoms with Gasteiger partial charge in [0.15, 0.2) is 5.54 Å². The van der Waals surface area contributed by atoms with Gasteiger partial charge in [0.1, 0.15) is 0 Å². The van der Waals surface area contributed by atoms with E-state index in [9.17, 15) is 4.79 Å². The van der Waals surface area contributed by atoms with E-state index in [1.807, 2.05) is 6.07 Å². The first-order chi connectivity index (χ1) is 8.01. The molecule has 0 bridgehead atoms. The summed E-state index contributed by atoms with van der Waals surface area (Å²) < 4.78 is 4.89. The number of aliphatic carboxylic acids is 1. The molecule has 0 saturated heterocycles. The topological polar surface area (TPSA) is 82.3 Å². The van der Waals surface area contributed by atoms with Gasteiger partial charge < -0.3 is 15.2 Å². The van der Waals surface area contributed by atoms with Gasteiger partial charge in [0, 0.05) is 12.8 Å². The third kappa shape index (κ3) is 3.20. The number of methoxy groups -OCH3 is 1. The Balaban J connectivity index is 2.94. The van der Waals surface area contributed by atoms with Crippen molar-refractivity contribution in [3.8, 4) is 6.07 Å². The molecule has 0 fully saturated rings. The van der Waals surface area contributed by atoms with Crippen molar-refractivity contribution < 1.29 is 14.6 Å². The maximum absolute atomic E-state index is 11.2. The third-order valence-corrected chi connectivity index (χ3v) is 2.32. The monoisotopic (exact) mass is 234 g/mol. The van der Waals surface area contributed by atoms with Gasteiger partial charge in [0.05, 0.1) is 18.2 Å². The number of nitrogens with zero attached hydrogens (tertiary/aromatic N) is 1. The molecule has 5 heteroatoms. The number of carbonyl (C=O) groups is 1. The third-order valence-electron chi connectivity index (χ3n) is 2.32. The molecule has 90 valence electrons. The van der Waals surface area contributed by atoms with E-state index >= 15 is 0 Å². The molecular weight excluding hydrogens is 220 g/mol. The second kappa shape index (κ2) is 5.32. The molecule has 0 spiro atoms. The van der Waals surface area contributed by atoms with Gasteiger partial charge in [-0.1, -0.05) is 6.07 Å². The summed E-state index contributed by atoms with van der Waals surface area (Å²) in [6.45, 7) is 1.55. The van der Waals surface area contributed by atoms with E-state index in [0.717, 1.165) is 0 Å². The smallest absolute Gasteiger partial charge is 0.331 e. The predicted octanol–water partition coefficient (Wildman–Crippen LogP) is 1.46. The molecular formula is C12H14N2O3. The van der Waals surface area contributed by atoms with Gasteiger partial charge in [-0.2, -0.15) is 5.26 Å². The van der Waals surface area contributed by atoms with Gasteiger partial charge in [0.25, 0.3) is 0 Å². The largest absolute Gasteiger partial charge is 0.479 e. The number of anilines is 1. The summed E-state index contributed by atoms with van der Waals surface area (Å²) in [5.74, 6) is -1.01. The second-order valence-electron chi connectivity index (χ2n) is 3.89. The summed E-state index contributed by atoms with van der Waals surface area (Å²) in [5, 5.41) is 20.8. The molecule has 0 aromatic heterocycles. The lowest BCUT2D eigenvalue weighted by Crippen LogP contribution is -2.47. The number of benzene rings is 1. The summed E-state index contributed by atoms with van der Waals surface area (Å²) in [7, 11) is 1.44. The van der Waals surface area contributed by atoms with Crippen LogP contribution in [0.25, 0.3) is 0 Å². The van der Waals surface area contributed by atoms with Gasteiger partial charge in [0.2, 0.25) is 0 Å². The minimum absolute atomic E-state index is 0.0269. The van der Waals surface area contributed by atoms with Gasteiger partial charge in [-0.15, -0.1) is 0 Å². The second-order valence-corrected chi connectivity index (χ2v) is 3.89. The van der Waals surface area contributed by atoms with Crippen molar-refractivity contribution >= 4 is 11.7 Å². The molecule has 17 heavy (non-hydrogen) atoms. The fourth-order valence-corrected chi connectivity index (χ4v) is 1.43. The molecule has 5 nitrogen and oxygen atoms in total. The van der Waals surface area contributed by atoms with Crippen molar-refractivity contribution in [3.63, 3.8) is 0 Å². The van der Waals surface area contributed by atoms with Crippen LogP contribution in [0.5, 0.6) is 0 Å². The van der Waals surface area contributed by atoms with Crippen LogP contribution in [-0.2, 0) is 9.53 Å². The summed E-state index contributed by atoms with van der Waals surface area (Å²) in [5.41, 5.74) is -0.172. The predicted molar refractivity (Wildman–Crippen MR) is 62.7 cm³/mol. The Morgan fingerprint density at radius 3 is 2.88 bits per heavy atom. The first kappa shape index (κ1) is 13.0. The molecule has 1 aromatic rings. The lowest BCUT2D eigenvalue weighted by molar-refractivity contribution is -0.143. The average molecular weight is 234 g/mol. The molecule has 2 N–H and O–H groups in total. The number of rotatable bonds is 5. The number of hydrogen-bond acceptors (Lipinski definition) is 4. The van der Waals surface area contributed by atoms with Crippen molar-refractivity contribution in [3.05, 3.63) is 29.8 Å². The lowest BCUT2D eigenvalue weighted by atomic mass is 10.0. The van der Waals surface area contributed by atoms with Crippen molar-refractivity contribution in [2.24, 2.45) is 0 Å². The quantitative estimate of drug-likeness (QED) is 0.806. The SMILES string of the molecule is COCC(C)(Nc1cccc(C#N)c1)C(=O)O. The summed E-state index contributed by atoms with van der Waals surface area (Å²) in [6, 6.07) is 8.64. The average Bonchev–Trinajstić information content (AvgIpc) is 2.29. The van der Waals surface area contributed by atoms with E-state index in [2.05, 4.69) is 5.32 Å². The van der Waals surface area contributed by atoms with Crippen LogP contribution < -0.4 is 5.32 Å². The van der Waals surface area contributed by atoms with E-state index in [1.54, 1.807) is 24.3 Å². The molecule has 0 saturated carbocycles. The molecule has 1 atom stereocenters. The zero-order valence-electron chi connectivity index (χ0n) is 9.73. The molecule has 0 radical (unpaired) electrons. The minimum Gasteiger partial charge on any atom is -0.479 e. The highest BCUT2D eigenvalue weighted by molar-refractivity contribution is 5.82. The van der Waals surface area contributed by atoms with Crippen LogP contribution in [0.1, 0.15) is 12.5 Å². The molecule has 0 aliphatic heterocycles. The Morgan fingerprint density at radius 1 is 1.65 bits per heavy atom. The highest BCUT2D eigenvalue weighted by Crippen LogP contribution is 2.17. The highest BCUT2D eigenvalue weighted by Gasteiger charge is 2.33. The standard InChI is InChI=1S/C12H14N2O3/c1-12(8-17-2,11(15)16)14-10-5-3-4-9(6-10)7-13/h3-6,14H,8H2,1-2H3,(H,15,16). The van der Waals surface area contributed by atoms with E-state index in [0.29, 0.717) is 11.3 Å². The molecule has 0 amide bonds. The fraction of sp³-hybridized carbons (Fsp3) is 0.333. The van der Waals surface area contributed by atoms with Crippen LogP contribution in [-0.4, -0.2) is 30.3 Å². The summed E-state index contributed by atoms with van der Waals surface area (Å²) >= 11 is 0. The van der Waals surface area contributed by atoms with Crippen molar-refractivity contribution in [1.29, 1.82) is 5.26 Å². The fourth-order valence-electron chi connectivity index (χ4n) is 1.43. The van der Waals surface area contributed by atoms with Crippen LogP contribution in [0.15, 0.2) is 24.3 Å². The Bertz CT molecular complexity index is 453. The van der Waals surface area contributed by atoms with Gasteiger partial charge in [-0.3, -0.25) is 0 Å². The number of carboxylic acid groups (broad SMARTS) is 1. The lowest BCUT2D eigenvalue weighted by Gasteiger charge is -2.26. The summed E-state index contributed by atoms with van der Waals surface area (Å²) in [4.78, 5) is 11.2. The number of nitriles is 1. The van der Waals surface area contributed by atoms with Crippen molar-refractivity contribution in [2.75, 3.05) is 19.0 Å². The van der Waals surface area contributed by atoms with Gasteiger partial charge in [-0.05, 0) is 25.1 Å². The normalized spacial score (nSPS) is 13.5. The Hall–Kier alpha value is -2.06. The Labute approximate surface area is 99.6 Å². The van der Waals surface area contributed by atoms with E-state index in [1.165, 1.54) is 14.0 Å². The maximum Gasteiger partial charge on any atom is 0.331 e. The number of nitrogens with one attached hydrogen (secondary N) is 1. The minimum atomic E-state index is -1.22. The first-order valence-electron chi connectivity index (χ1n) is 5.02. The van der Waals surface area contributed by atoms with Crippen molar-refractivity contribution in [2.45, 2.75) is 12.5 Å². The van der Waals surface area contributed by atoms with Crippen LogP contribution >= 0.6 is 0 Å². The van der Waals surface area contributed by atoms with E-state index < -0.39 is 11.5 Å². The Morgan fingerprint density at radius 2 is 2.35 bits per heavy atom. The molecule has 0 aliphatic carbocycles. The zero-order chi connectivity index (χ0) is 12.9. The maximum atomic E-state index is 11.2. The van der Waals surface area contributed by atoms with Crippen molar-refractivity contribution in [1.82, 2.24) is 0 Å². The van der Waals surface area contributed by atoms with E-state index in [-0.39, 0.29) is 6.61 Å². The molecule has 1 unspecified atom stereocenters. The van der Waals surface area contributed by atoms with Gasteiger partial charge in [-0.25, -0.2) is 4.79 Å². The first-order valence-corrected chi connectivity index (χ1v) is 5.02. The highest BCUT2D eigenvalue weighted by atomic mass is 16.5. The number of ether oxygens (including phenoxy) is 1. The molecule has 0 heterocycles. The number of hydrogen-bond donors (Lipinski definition) is 2. The van der Waals surface area contributed by atoms with Crippen LogP contribution in [0.3, 0.4) is 0 Å². The molecule has 0 aliphatic rings. The van der Waals surface area contributed by atoms with Crippen LogP contribution in [0, 0.1) is 11.3 Å². The molecule has 1 aromatic carbocycles. The zero-order valence-corrected chi connectivity index (χ0v) is 9.73. The van der Waals surface area contributed by atoms with E-state index in [4.69, 9.17) is 15.1 Å². The summed E-state index contributed by atoms with van der Waals surface area (Å²) in [6.07, 6.45) is 0. The van der Waals surface area contributed by atoms with Crippen LogP contribution in [0.2, 0.25) is 0 Å².